The largest absolute Gasteiger partial charge is 0.353 e. The summed E-state index contributed by atoms with van der Waals surface area (Å²) in [5, 5.41) is 16.9. The standard InChI is InChI=1S/C13H7BrFN5OS/c1-6-4-10(21-19-6)12-18-20-11(16-17-13(20)22-12)8-5-7(14)2-3-9(8)15/h2-5H,1H3. The summed E-state index contributed by atoms with van der Waals surface area (Å²) in [5.74, 6) is 0.503. The second-order valence-electron chi connectivity index (χ2n) is 4.58. The number of rotatable bonds is 2. The maximum Gasteiger partial charge on any atom is 0.235 e. The van der Waals surface area contributed by atoms with Crippen molar-refractivity contribution < 1.29 is 8.91 Å². The van der Waals surface area contributed by atoms with E-state index in [0.29, 0.717) is 27.1 Å². The highest BCUT2D eigenvalue weighted by atomic mass is 79.9. The first-order valence-corrected chi connectivity index (χ1v) is 7.84. The lowest BCUT2D eigenvalue weighted by molar-refractivity contribution is 0.426. The van der Waals surface area contributed by atoms with Crippen LogP contribution in [-0.2, 0) is 0 Å². The summed E-state index contributed by atoms with van der Waals surface area (Å²) < 4.78 is 21.5. The van der Waals surface area contributed by atoms with Crippen molar-refractivity contribution in [3.05, 3.63) is 40.2 Å². The first-order valence-electron chi connectivity index (χ1n) is 6.23. The lowest BCUT2D eigenvalue weighted by atomic mass is 10.2. The highest BCUT2D eigenvalue weighted by Crippen LogP contribution is 2.30. The van der Waals surface area contributed by atoms with Crippen molar-refractivity contribution in [3.63, 3.8) is 0 Å². The minimum atomic E-state index is -0.387. The third kappa shape index (κ3) is 2.13. The van der Waals surface area contributed by atoms with Crippen molar-refractivity contribution in [1.29, 1.82) is 0 Å². The quantitative estimate of drug-likeness (QED) is 0.530. The van der Waals surface area contributed by atoms with Crippen LogP contribution < -0.4 is 0 Å². The maximum atomic E-state index is 14.0. The van der Waals surface area contributed by atoms with Gasteiger partial charge in [0.2, 0.25) is 4.96 Å². The van der Waals surface area contributed by atoms with Gasteiger partial charge >= 0.3 is 0 Å². The number of aryl methyl sites for hydroxylation is 1. The van der Waals surface area contributed by atoms with Gasteiger partial charge in [-0.05, 0) is 25.1 Å². The molecule has 0 aliphatic heterocycles. The number of aromatic nitrogens is 5. The van der Waals surface area contributed by atoms with Crippen molar-refractivity contribution in [2.75, 3.05) is 0 Å². The molecule has 0 N–H and O–H groups in total. The van der Waals surface area contributed by atoms with E-state index < -0.39 is 0 Å². The third-order valence-corrected chi connectivity index (χ3v) is 4.41. The van der Waals surface area contributed by atoms with Gasteiger partial charge in [-0.2, -0.15) is 4.52 Å². The van der Waals surface area contributed by atoms with Crippen molar-refractivity contribution in [3.8, 4) is 22.2 Å². The van der Waals surface area contributed by atoms with E-state index in [1.807, 2.05) is 6.92 Å². The van der Waals surface area contributed by atoms with Crippen molar-refractivity contribution in [1.82, 2.24) is 25.0 Å². The van der Waals surface area contributed by atoms with E-state index in [0.717, 1.165) is 10.2 Å². The average Bonchev–Trinajstić information content (AvgIpc) is 3.16. The molecule has 0 aliphatic carbocycles. The fraction of sp³-hybridized carbons (Fsp3) is 0.0769. The highest BCUT2D eigenvalue weighted by molar-refractivity contribution is 9.10. The molecule has 0 aliphatic rings. The third-order valence-electron chi connectivity index (χ3n) is 3.00. The molecule has 0 radical (unpaired) electrons. The molecule has 0 fully saturated rings. The zero-order valence-electron chi connectivity index (χ0n) is 11.1. The molecule has 4 aromatic rings. The SMILES string of the molecule is Cc1cc(-c2nn3c(-c4cc(Br)ccc4F)nnc3s2)on1. The summed E-state index contributed by atoms with van der Waals surface area (Å²) >= 11 is 4.63. The Balaban J connectivity index is 1.89. The van der Waals surface area contributed by atoms with Crippen LogP contribution in [0.15, 0.2) is 33.3 Å². The molecule has 4 rings (SSSR count). The number of hydrogen-bond donors (Lipinski definition) is 0. The Kier molecular flexibility index (Phi) is 3.05. The summed E-state index contributed by atoms with van der Waals surface area (Å²) in [7, 11) is 0. The van der Waals surface area contributed by atoms with Crippen molar-refractivity contribution in [2.24, 2.45) is 0 Å². The average molecular weight is 380 g/mol. The molecule has 6 nitrogen and oxygen atoms in total. The molecular formula is C13H7BrFN5OS. The second-order valence-corrected chi connectivity index (χ2v) is 6.45. The molecular weight excluding hydrogens is 373 g/mol. The zero-order chi connectivity index (χ0) is 15.3. The smallest absolute Gasteiger partial charge is 0.235 e. The van der Waals surface area contributed by atoms with Crippen molar-refractivity contribution in [2.45, 2.75) is 6.92 Å². The Morgan fingerprint density at radius 2 is 2.14 bits per heavy atom. The Morgan fingerprint density at radius 3 is 2.91 bits per heavy atom. The number of fused-ring (bicyclic) bond motifs is 1. The van der Waals surface area contributed by atoms with E-state index in [-0.39, 0.29) is 5.82 Å². The first kappa shape index (κ1) is 13.5. The predicted molar refractivity (Wildman–Crippen MR) is 82.0 cm³/mol. The Morgan fingerprint density at radius 1 is 1.27 bits per heavy atom. The number of halogens is 2. The van der Waals surface area contributed by atoms with E-state index in [1.54, 1.807) is 18.2 Å². The van der Waals surface area contributed by atoms with Crippen molar-refractivity contribution >= 4 is 32.2 Å². The molecule has 22 heavy (non-hydrogen) atoms. The van der Waals surface area contributed by atoms with Crippen LogP contribution in [0.1, 0.15) is 5.69 Å². The molecule has 1 aromatic carbocycles. The van der Waals surface area contributed by atoms with Crippen LogP contribution in [-0.4, -0.2) is 25.0 Å². The van der Waals surface area contributed by atoms with Gasteiger partial charge in [-0.25, -0.2) is 4.39 Å². The molecule has 9 heteroatoms. The van der Waals surface area contributed by atoms with Gasteiger partial charge in [-0.3, -0.25) is 0 Å². The zero-order valence-corrected chi connectivity index (χ0v) is 13.5. The normalized spacial score (nSPS) is 11.4. The van der Waals surface area contributed by atoms with E-state index in [1.165, 1.54) is 21.9 Å². The summed E-state index contributed by atoms with van der Waals surface area (Å²) in [5.41, 5.74) is 1.09. The minimum Gasteiger partial charge on any atom is -0.353 e. The molecule has 0 unspecified atom stereocenters. The van der Waals surface area contributed by atoms with Crippen LogP contribution in [0.4, 0.5) is 4.39 Å². The number of hydrogen-bond acceptors (Lipinski definition) is 6. The fourth-order valence-electron chi connectivity index (χ4n) is 2.02. The van der Waals surface area contributed by atoms with Crippen LogP contribution in [0.5, 0.6) is 0 Å². The Labute approximate surface area is 135 Å². The van der Waals surface area contributed by atoms with Gasteiger partial charge < -0.3 is 4.52 Å². The van der Waals surface area contributed by atoms with E-state index >= 15 is 0 Å². The van der Waals surface area contributed by atoms with Gasteiger partial charge in [0.05, 0.1) is 11.3 Å². The van der Waals surface area contributed by atoms with Gasteiger partial charge in [0.1, 0.15) is 5.82 Å². The van der Waals surface area contributed by atoms with Gasteiger partial charge in [0.15, 0.2) is 16.6 Å². The van der Waals surface area contributed by atoms with Crippen LogP contribution in [0.3, 0.4) is 0 Å². The van der Waals surface area contributed by atoms with Gasteiger partial charge in [0, 0.05) is 10.5 Å². The van der Waals surface area contributed by atoms with Crippen LogP contribution >= 0.6 is 27.3 Å². The van der Waals surface area contributed by atoms with Crippen LogP contribution in [0.2, 0.25) is 0 Å². The second kappa shape index (κ2) is 4.96. The van der Waals surface area contributed by atoms with E-state index in [4.69, 9.17) is 4.52 Å². The number of benzene rings is 1. The summed E-state index contributed by atoms with van der Waals surface area (Å²) in [4.78, 5) is 0.554. The lowest BCUT2D eigenvalue weighted by Crippen LogP contribution is -1.93. The van der Waals surface area contributed by atoms with Crippen LogP contribution in [0, 0.1) is 12.7 Å². The summed E-state index contributed by atoms with van der Waals surface area (Å²) in [6, 6.07) is 6.42. The predicted octanol–water partition coefficient (Wildman–Crippen LogP) is 3.72. The molecule has 0 saturated carbocycles. The minimum absolute atomic E-state index is 0.326. The molecule has 3 aromatic heterocycles. The molecule has 0 saturated heterocycles. The summed E-state index contributed by atoms with van der Waals surface area (Å²) in [6.45, 7) is 1.83. The Hall–Kier alpha value is -2.13. The fourth-order valence-corrected chi connectivity index (χ4v) is 3.17. The molecule has 3 heterocycles. The molecule has 0 amide bonds. The van der Waals surface area contributed by atoms with E-state index in [2.05, 4.69) is 36.4 Å². The molecule has 0 atom stereocenters. The van der Waals surface area contributed by atoms with Crippen LogP contribution in [0.25, 0.3) is 27.1 Å². The summed E-state index contributed by atoms with van der Waals surface area (Å²) in [6.07, 6.45) is 0. The van der Waals surface area contributed by atoms with Gasteiger partial charge in [-0.1, -0.05) is 32.4 Å². The first-order chi connectivity index (χ1) is 10.6. The Bertz CT molecular complexity index is 992. The topological polar surface area (TPSA) is 69.1 Å². The lowest BCUT2D eigenvalue weighted by Gasteiger charge is -2.00. The molecule has 0 bridgehead atoms. The molecule has 110 valence electrons. The molecule has 0 spiro atoms. The maximum absolute atomic E-state index is 14.0. The van der Waals surface area contributed by atoms with Gasteiger partial charge in [0.25, 0.3) is 0 Å². The van der Waals surface area contributed by atoms with Gasteiger partial charge in [-0.15, -0.1) is 15.3 Å². The highest BCUT2D eigenvalue weighted by Gasteiger charge is 2.19. The number of nitrogens with zero attached hydrogens (tertiary/aromatic N) is 5. The monoisotopic (exact) mass is 379 g/mol. The van der Waals surface area contributed by atoms with E-state index in [9.17, 15) is 4.39 Å².